The summed E-state index contributed by atoms with van der Waals surface area (Å²) < 4.78 is 2.01. The van der Waals surface area contributed by atoms with Crippen LogP contribution >= 0.6 is 0 Å². The number of aromatic nitrogens is 2. The van der Waals surface area contributed by atoms with Crippen molar-refractivity contribution in [2.45, 2.75) is 38.3 Å². The van der Waals surface area contributed by atoms with Gasteiger partial charge in [0.2, 0.25) is 5.91 Å². The third-order valence-electron chi connectivity index (χ3n) is 3.38. The number of aryl methyl sites for hydroxylation is 1. The fourth-order valence-corrected chi connectivity index (χ4v) is 1.87. The van der Waals surface area contributed by atoms with Crippen molar-refractivity contribution in [3.8, 4) is 0 Å². The molecule has 1 unspecified atom stereocenters. The minimum absolute atomic E-state index is 0.436. The molecule has 108 valence electrons. The first-order chi connectivity index (χ1) is 8.83. The van der Waals surface area contributed by atoms with Crippen LogP contribution in [0.1, 0.15) is 32.0 Å². The van der Waals surface area contributed by atoms with Gasteiger partial charge in [0, 0.05) is 19.4 Å². The molecule has 0 aromatic carbocycles. The Morgan fingerprint density at radius 1 is 1.53 bits per heavy atom. The second kappa shape index (κ2) is 6.68. The maximum Gasteiger partial charge on any atom is 0.237 e. The number of nitrogens with two attached hydrogens (primary N) is 2. The third kappa shape index (κ3) is 5.00. The monoisotopic (exact) mass is 267 g/mol. The fourth-order valence-electron chi connectivity index (χ4n) is 1.87. The van der Waals surface area contributed by atoms with E-state index in [0.29, 0.717) is 6.42 Å². The number of unbranched alkanes of at least 4 members (excludes halogenated alkanes) is 1. The van der Waals surface area contributed by atoms with E-state index < -0.39 is 11.4 Å². The summed E-state index contributed by atoms with van der Waals surface area (Å²) in [7, 11) is 4.05. The van der Waals surface area contributed by atoms with E-state index >= 15 is 0 Å². The highest BCUT2D eigenvalue weighted by molar-refractivity contribution is 5.83. The van der Waals surface area contributed by atoms with Gasteiger partial charge in [-0.2, -0.15) is 0 Å². The molecule has 6 nitrogen and oxygen atoms in total. The Balaban J connectivity index is 2.23. The van der Waals surface area contributed by atoms with Gasteiger partial charge in [0.1, 0.15) is 5.82 Å². The summed E-state index contributed by atoms with van der Waals surface area (Å²) in [5.41, 5.74) is 10.1. The lowest BCUT2D eigenvalue weighted by Gasteiger charge is -2.21. The summed E-state index contributed by atoms with van der Waals surface area (Å²) in [6, 6.07) is 0. The van der Waals surface area contributed by atoms with E-state index in [2.05, 4.69) is 16.9 Å². The average Bonchev–Trinajstić information content (AvgIpc) is 2.70. The molecule has 1 rings (SSSR count). The Morgan fingerprint density at radius 2 is 2.21 bits per heavy atom. The third-order valence-corrected chi connectivity index (χ3v) is 3.38. The van der Waals surface area contributed by atoms with Crippen LogP contribution in [0.3, 0.4) is 0 Å². The van der Waals surface area contributed by atoms with Gasteiger partial charge in [-0.3, -0.25) is 9.69 Å². The van der Waals surface area contributed by atoms with Crippen LogP contribution in [0, 0.1) is 0 Å². The quantitative estimate of drug-likeness (QED) is 0.659. The molecule has 0 fully saturated rings. The van der Waals surface area contributed by atoms with Crippen LogP contribution in [-0.4, -0.2) is 39.5 Å². The van der Waals surface area contributed by atoms with E-state index in [9.17, 15) is 4.79 Å². The zero-order chi connectivity index (χ0) is 14.5. The Hall–Kier alpha value is -1.40. The lowest BCUT2D eigenvalue weighted by atomic mass is 9.95. The first-order valence-corrected chi connectivity index (χ1v) is 6.56. The molecule has 1 aromatic heterocycles. The molecular formula is C13H25N5O. The highest BCUT2D eigenvalue weighted by Gasteiger charge is 2.24. The topological polar surface area (TPSA) is 90.2 Å². The van der Waals surface area contributed by atoms with Gasteiger partial charge in [0.25, 0.3) is 0 Å². The van der Waals surface area contributed by atoms with Crippen molar-refractivity contribution < 1.29 is 4.79 Å². The second-order valence-electron chi connectivity index (χ2n) is 5.43. The summed E-state index contributed by atoms with van der Waals surface area (Å²) in [5, 5.41) is 0. The van der Waals surface area contributed by atoms with Crippen molar-refractivity contribution >= 4 is 5.91 Å². The van der Waals surface area contributed by atoms with E-state index in [4.69, 9.17) is 11.5 Å². The largest absolute Gasteiger partial charge is 0.368 e. The van der Waals surface area contributed by atoms with Crippen LogP contribution in [0.15, 0.2) is 12.4 Å². The van der Waals surface area contributed by atoms with E-state index in [1.807, 2.05) is 17.8 Å². The molecule has 0 aliphatic rings. The molecule has 1 aromatic rings. The molecule has 6 heteroatoms. The van der Waals surface area contributed by atoms with Crippen molar-refractivity contribution in [2.75, 3.05) is 13.6 Å². The molecule has 0 spiro atoms. The number of carbonyl (C=O) groups is 1. The first-order valence-electron chi connectivity index (χ1n) is 6.56. The Labute approximate surface area is 114 Å². The summed E-state index contributed by atoms with van der Waals surface area (Å²) in [5.74, 6) is 0.608. The van der Waals surface area contributed by atoms with Crippen LogP contribution in [0.2, 0.25) is 0 Å². The molecule has 1 atom stereocenters. The number of amides is 1. The second-order valence-corrected chi connectivity index (χ2v) is 5.43. The number of carbonyl (C=O) groups excluding carboxylic acids is 1. The number of hydrogen-bond donors (Lipinski definition) is 2. The maximum absolute atomic E-state index is 11.1. The molecule has 19 heavy (non-hydrogen) atoms. The highest BCUT2D eigenvalue weighted by Crippen LogP contribution is 2.10. The van der Waals surface area contributed by atoms with Crippen LogP contribution in [0.5, 0.6) is 0 Å². The van der Waals surface area contributed by atoms with E-state index in [-0.39, 0.29) is 0 Å². The van der Waals surface area contributed by atoms with Crippen LogP contribution < -0.4 is 11.5 Å². The molecule has 4 N–H and O–H groups in total. The van der Waals surface area contributed by atoms with E-state index in [1.54, 1.807) is 13.1 Å². The van der Waals surface area contributed by atoms with Gasteiger partial charge >= 0.3 is 0 Å². The predicted octanol–water partition coefficient (Wildman–Crippen LogP) is 0.225. The Kier molecular flexibility index (Phi) is 5.50. The Morgan fingerprint density at radius 3 is 2.74 bits per heavy atom. The predicted molar refractivity (Wildman–Crippen MR) is 75.2 cm³/mol. The number of primary amides is 1. The standard InChI is InChI=1S/C13H25N5O/c1-13(15,12(14)19)6-4-5-8-17(2)10-11-16-7-9-18(11)3/h7,9H,4-6,8,10,15H2,1-3H3,(H2,14,19). The van der Waals surface area contributed by atoms with Crippen molar-refractivity contribution in [2.24, 2.45) is 18.5 Å². The van der Waals surface area contributed by atoms with Gasteiger partial charge in [0.05, 0.1) is 12.1 Å². The summed E-state index contributed by atoms with van der Waals surface area (Å²) in [6.45, 7) is 3.45. The zero-order valence-electron chi connectivity index (χ0n) is 12.1. The van der Waals surface area contributed by atoms with Crippen molar-refractivity contribution in [3.63, 3.8) is 0 Å². The van der Waals surface area contributed by atoms with Gasteiger partial charge in [-0.15, -0.1) is 0 Å². The lowest BCUT2D eigenvalue weighted by Crippen LogP contribution is -2.49. The molecule has 0 saturated carbocycles. The highest BCUT2D eigenvalue weighted by atomic mass is 16.1. The van der Waals surface area contributed by atoms with Crippen LogP contribution in [0.25, 0.3) is 0 Å². The van der Waals surface area contributed by atoms with Crippen molar-refractivity contribution in [1.29, 1.82) is 0 Å². The molecule has 1 heterocycles. The minimum atomic E-state index is -0.891. The molecule has 0 bridgehead atoms. The number of imidazole rings is 1. The summed E-state index contributed by atoms with van der Waals surface area (Å²) >= 11 is 0. The zero-order valence-corrected chi connectivity index (χ0v) is 12.1. The number of hydrogen-bond acceptors (Lipinski definition) is 4. The van der Waals surface area contributed by atoms with Crippen molar-refractivity contribution in [1.82, 2.24) is 14.5 Å². The van der Waals surface area contributed by atoms with Gasteiger partial charge in [-0.1, -0.05) is 0 Å². The molecule has 0 radical (unpaired) electrons. The molecule has 0 aliphatic heterocycles. The molecule has 0 saturated heterocycles. The molecule has 0 aliphatic carbocycles. The average molecular weight is 267 g/mol. The normalized spacial score (nSPS) is 14.6. The SMILES string of the molecule is CN(CCCCC(C)(N)C(N)=O)Cc1nccn1C. The number of rotatable bonds is 8. The van der Waals surface area contributed by atoms with Crippen molar-refractivity contribution in [3.05, 3.63) is 18.2 Å². The fraction of sp³-hybridized carbons (Fsp3) is 0.692. The molecule has 1 amide bonds. The van der Waals surface area contributed by atoms with E-state index in [0.717, 1.165) is 31.8 Å². The summed E-state index contributed by atoms with van der Waals surface area (Å²) in [6.07, 6.45) is 6.24. The van der Waals surface area contributed by atoms with E-state index in [1.165, 1.54) is 0 Å². The lowest BCUT2D eigenvalue weighted by molar-refractivity contribution is -0.122. The van der Waals surface area contributed by atoms with Gasteiger partial charge in [0.15, 0.2) is 0 Å². The van der Waals surface area contributed by atoms with Gasteiger partial charge in [-0.05, 0) is 39.8 Å². The van der Waals surface area contributed by atoms with Crippen LogP contribution in [-0.2, 0) is 18.4 Å². The smallest absolute Gasteiger partial charge is 0.237 e. The van der Waals surface area contributed by atoms with Crippen LogP contribution in [0.4, 0.5) is 0 Å². The molecular weight excluding hydrogens is 242 g/mol. The van der Waals surface area contributed by atoms with Gasteiger partial charge < -0.3 is 16.0 Å². The van der Waals surface area contributed by atoms with Gasteiger partial charge in [-0.25, -0.2) is 4.98 Å². The summed E-state index contributed by atoms with van der Waals surface area (Å²) in [4.78, 5) is 17.6. The Bertz CT molecular complexity index is 413. The maximum atomic E-state index is 11.1. The minimum Gasteiger partial charge on any atom is -0.368 e. The first kappa shape index (κ1) is 15.7. The number of nitrogens with zero attached hydrogens (tertiary/aromatic N) is 3.